The van der Waals surface area contributed by atoms with Gasteiger partial charge in [0.15, 0.2) is 0 Å². The molecule has 0 aliphatic rings. The third-order valence-corrected chi connectivity index (χ3v) is 4.27. The Labute approximate surface area is 119 Å². The molecule has 4 heteroatoms. The first kappa shape index (κ1) is 14.6. The number of carboxylic acid groups (broad SMARTS) is 1. The summed E-state index contributed by atoms with van der Waals surface area (Å²) in [7, 11) is 0. The minimum atomic E-state index is -0.809. The number of imidazole rings is 1. The van der Waals surface area contributed by atoms with Gasteiger partial charge in [-0.2, -0.15) is 0 Å². The van der Waals surface area contributed by atoms with Crippen molar-refractivity contribution in [2.24, 2.45) is 11.3 Å². The van der Waals surface area contributed by atoms with Crippen LogP contribution in [0, 0.1) is 25.2 Å². The maximum Gasteiger partial charge on any atom is 0.310 e. The van der Waals surface area contributed by atoms with Crippen molar-refractivity contribution < 1.29 is 9.90 Å². The number of aromatic amines is 1. The van der Waals surface area contributed by atoms with Crippen molar-refractivity contribution in [3.63, 3.8) is 0 Å². The van der Waals surface area contributed by atoms with Gasteiger partial charge in [-0.05, 0) is 43.9 Å². The smallest absolute Gasteiger partial charge is 0.310 e. The molecule has 0 fully saturated rings. The van der Waals surface area contributed by atoms with Crippen LogP contribution in [0.5, 0.6) is 0 Å². The van der Waals surface area contributed by atoms with E-state index in [4.69, 9.17) is 0 Å². The van der Waals surface area contributed by atoms with Gasteiger partial charge >= 0.3 is 5.97 Å². The number of aromatic nitrogens is 2. The SMILES string of the molecule is Cc1cc(C)c2nc(CC(C)(C(=O)O)C(C)C)[nH]c2c1. The van der Waals surface area contributed by atoms with Crippen LogP contribution >= 0.6 is 0 Å². The second-order valence-corrected chi connectivity index (χ2v) is 6.22. The Balaban J connectivity index is 2.44. The van der Waals surface area contributed by atoms with Gasteiger partial charge in [0.2, 0.25) is 0 Å². The lowest BCUT2D eigenvalue weighted by atomic mass is 9.76. The summed E-state index contributed by atoms with van der Waals surface area (Å²) < 4.78 is 0. The Morgan fingerprint density at radius 1 is 1.40 bits per heavy atom. The van der Waals surface area contributed by atoms with E-state index < -0.39 is 11.4 Å². The monoisotopic (exact) mass is 274 g/mol. The Kier molecular flexibility index (Phi) is 3.59. The van der Waals surface area contributed by atoms with Gasteiger partial charge < -0.3 is 10.1 Å². The van der Waals surface area contributed by atoms with Gasteiger partial charge in [-0.15, -0.1) is 0 Å². The Morgan fingerprint density at radius 2 is 2.05 bits per heavy atom. The number of aryl methyl sites for hydroxylation is 2. The molecule has 0 amide bonds. The van der Waals surface area contributed by atoms with Gasteiger partial charge in [-0.1, -0.05) is 19.9 Å². The summed E-state index contributed by atoms with van der Waals surface area (Å²) in [5.41, 5.74) is 3.40. The Morgan fingerprint density at radius 3 is 2.60 bits per heavy atom. The number of rotatable bonds is 4. The highest BCUT2D eigenvalue weighted by Crippen LogP contribution is 2.32. The summed E-state index contributed by atoms with van der Waals surface area (Å²) in [5.74, 6) is 0.00389. The van der Waals surface area contributed by atoms with Crippen LogP contribution in [-0.4, -0.2) is 21.0 Å². The second kappa shape index (κ2) is 4.93. The molecule has 1 aromatic carbocycles. The van der Waals surface area contributed by atoms with Crippen molar-refractivity contribution in [3.8, 4) is 0 Å². The third kappa shape index (κ3) is 2.42. The number of carboxylic acids is 1. The first-order chi connectivity index (χ1) is 9.24. The predicted octanol–water partition coefficient (Wildman–Crippen LogP) is 3.47. The molecule has 0 bridgehead atoms. The Bertz CT molecular complexity index is 658. The van der Waals surface area contributed by atoms with Gasteiger partial charge in [-0.3, -0.25) is 4.79 Å². The maximum atomic E-state index is 11.6. The summed E-state index contributed by atoms with van der Waals surface area (Å²) in [4.78, 5) is 19.4. The van der Waals surface area contributed by atoms with Gasteiger partial charge in [-0.25, -0.2) is 4.98 Å². The number of fused-ring (bicyclic) bond motifs is 1. The van der Waals surface area contributed by atoms with Crippen LogP contribution in [0.2, 0.25) is 0 Å². The van der Waals surface area contributed by atoms with Gasteiger partial charge in [0.1, 0.15) is 5.82 Å². The summed E-state index contributed by atoms with van der Waals surface area (Å²) >= 11 is 0. The van der Waals surface area contributed by atoms with E-state index in [1.54, 1.807) is 6.92 Å². The van der Waals surface area contributed by atoms with E-state index in [1.165, 1.54) is 5.56 Å². The van der Waals surface area contributed by atoms with Crippen molar-refractivity contribution in [3.05, 3.63) is 29.1 Å². The molecule has 1 heterocycles. The molecule has 1 atom stereocenters. The average molecular weight is 274 g/mol. The number of benzene rings is 1. The van der Waals surface area contributed by atoms with Crippen molar-refractivity contribution in [2.75, 3.05) is 0 Å². The van der Waals surface area contributed by atoms with Crippen LogP contribution in [0.1, 0.15) is 37.7 Å². The van der Waals surface area contributed by atoms with E-state index in [0.29, 0.717) is 6.42 Å². The zero-order valence-electron chi connectivity index (χ0n) is 12.7. The van der Waals surface area contributed by atoms with Crippen molar-refractivity contribution in [1.82, 2.24) is 9.97 Å². The summed E-state index contributed by atoms with van der Waals surface area (Å²) in [5, 5.41) is 9.50. The third-order valence-electron chi connectivity index (χ3n) is 4.27. The highest BCUT2D eigenvalue weighted by molar-refractivity contribution is 5.80. The van der Waals surface area contributed by atoms with Crippen LogP contribution in [0.3, 0.4) is 0 Å². The fourth-order valence-electron chi connectivity index (χ4n) is 2.48. The first-order valence-electron chi connectivity index (χ1n) is 6.93. The zero-order valence-corrected chi connectivity index (χ0v) is 12.7. The lowest BCUT2D eigenvalue weighted by Gasteiger charge is -2.27. The molecule has 0 saturated carbocycles. The molecular formula is C16H22N2O2. The lowest BCUT2D eigenvalue weighted by Crippen LogP contribution is -2.35. The fourth-order valence-corrected chi connectivity index (χ4v) is 2.48. The normalized spacial score (nSPS) is 14.7. The number of carbonyl (C=O) groups is 1. The largest absolute Gasteiger partial charge is 0.481 e. The maximum absolute atomic E-state index is 11.6. The molecule has 0 aliphatic heterocycles. The van der Waals surface area contributed by atoms with Gasteiger partial charge in [0, 0.05) is 6.42 Å². The highest BCUT2D eigenvalue weighted by Gasteiger charge is 2.37. The van der Waals surface area contributed by atoms with E-state index >= 15 is 0 Å². The predicted molar refractivity (Wildman–Crippen MR) is 79.9 cm³/mol. The standard InChI is InChI=1S/C16H22N2O2/c1-9(2)16(5,15(19)20)8-13-17-12-7-10(3)6-11(4)14(12)18-13/h6-7,9H,8H2,1-5H3,(H,17,18)(H,19,20). The fraction of sp³-hybridized carbons (Fsp3) is 0.500. The quantitative estimate of drug-likeness (QED) is 0.897. The molecule has 2 N–H and O–H groups in total. The van der Waals surface area contributed by atoms with Crippen molar-refractivity contribution >= 4 is 17.0 Å². The summed E-state index contributed by atoms with van der Waals surface area (Å²) in [6, 6.07) is 4.14. The van der Waals surface area contributed by atoms with Crippen molar-refractivity contribution in [2.45, 2.75) is 41.0 Å². The molecular weight excluding hydrogens is 252 g/mol. The number of nitrogens with one attached hydrogen (secondary N) is 1. The molecule has 2 aromatic rings. The van der Waals surface area contributed by atoms with E-state index in [0.717, 1.165) is 22.4 Å². The number of hydrogen-bond acceptors (Lipinski definition) is 2. The number of hydrogen-bond donors (Lipinski definition) is 2. The van der Waals surface area contributed by atoms with E-state index in [9.17, 15) is 9.90 Å². The van der Waals surface area contributed by atoms with E-state index in [-0.39, 0.29) is 5.92 Å². The number of H-pyrrole nitrogens is 1. The molecule has 0 saturated heterocycles. The second-order valence-electron chi connectivity index (χ2n) is 6.22. The van der Waals surface area contributed by atoms with Gasteiger partial charge in [0.05, 0.1) is 16.4 Å². The van der Waals surface area contributed by atoms with Crippen LogP contribution < -0.4 is 0 Å². The Hall–Kier alpha value is -1.84. The average Bonchev–Trinajstić information content (AvgIpc) is 2.70. The first-order valence-corrected chi connectivity index (χ1v) is 6.93. The molecule has 0 aliphatic carbocycles. The molecule has 108 valence electrons. The number of nitrogens with zero attached hydrogens (tertiary/aromatic N) is 1. The van der Waals surface area contributed by atoms with E-state index in [2.05, 4.69) is 16.0 Å². The lowest BCUT2D eigenvalue weighted by molar-refractivity contribution is -0.150. The van der Waals surface area contributed by atoms with Crippen LogP contribution in [0.25, 0.3) is 11.0 Å². The topological polar surface area (TPSA) is 66.0 Å². The summed E-state index contributed by atoms with van der Waals surface area (Å²) in [6.45, 7) is 9.73. The minimum Gasteiger partial charge on any atom is -0.481 e. The molecule has 1 unspecified atom stereocenters. The molecule has 4 nitrogen and oxygen atoms in total. The minimum absolute atomic E-state index is 0.0380. The zero-order chi connectivity index (χ0) is 15.1. The molecule has 0 radical (unpaired) electrons. The number of aliphatic carboxylic acids is 1. The molecule has 1 aromatic heterocycles. The molecule has 20 heavy (non-hydrogen) atoms. The van der Waals surface area contributed by atoms with Crippen molar-refractivity contribution in [1.29, 1.82) is 0 Å². The highest BCUT2D eigenvalue weighted by atomic mass is 16.4. The summed E-state index contributed by atoms with van der Waals surface area (Å²) in [6.07, 6.45) is 0.410. The van der Waals surface area contributed by atoms with E-state index in [1.807, 2.05) is 33.8 Å². The van der Waals surface area contributed by atoms with Gasteiger partial charge in [0.25, 0.3) is 0 Å². The van der Waals surface area contributed by atoms with Crippen LogP contribution in [0.15, 0.2) is 12.1 Å². The molecule has 0 spiro atoms. The van der Waals surface area contributed by atoms with Crippen LogP contribution in [-0.2, 0) is 11.2 Å². The molecule has 2 rings (SSSR count). The van der Waals surface area contributed by atoms with Crippen LogP contribution in [0.4, 0.5) is 0 Å².